The van der Waals surface area contributed by atoms with Crippen LogP contribution in [0.3, 0.4) is 0 Å². The lowest BCUT2D eigenvalue weighted by atomic mass is 9.90. The van der Waals surface area contributed by atoms with Crippen LogP contribution in [0.4, 0.5) is 4.39 Å². The molecule has 1 aromatic carbocycles. The molecule has 2 aromatic rings. The van der Waals surface area contributed by atoms with Gasteiger partial charge in [-0.1, -0.05) is 6.92 Å². The van der Waals surface area contributed by atoms with Crippen LogP contribution in [0.2, 0.25) is 0 Å². The van der Waals surface area contributed by atoms with Gasteiger partial charge in [-0.3, -0.25) is 4.79 Å². The van der Waals surface area contributed by atoms with Crippen molar-refractivity contribution in [3.63, 3.8) is 0 Å². The molecular weight excluding hydrogens is 307 g/mol. The summed E-state index contributed by atoms with van der Waals surface area (Å²) < 4.78 is 16.1. The number of carbonyl (C=O) groups is 1. The Bertz CT molecular complexity index is 785. The fraction of sp³-hybridized carbons (Fsp3) is 0.444. The molecule has 1 aliphatic rings. The third-order valence-corrected chi connectivity index (χ3v) is 4.77. The van der Waals surface area contributed by atoms with Crippen molar-refractivity contribution in [3.8, 4) is 5.69 Å². The minimum atomic E-state index is -0.451. The summed E-state index contributed by atoms with van der Waals surface area (Å²) in [4.78, 5) is 14.4. The maximum atomic E-state index is 14.5. The highest BCUT2D eigenvalue weighted by Crippen LogP contribution is 2.29. The van der Waals surface area contributed by atoms with Gasteiger partial charge in [-0.2, -0.15) is 5.10 Å². The SMILES string of the molecule is Cc1cc(C)n(-c2ccc(C(=O)N3CCC(C)(CN)C3)cc2F)n1. The number of carbonyl (C=O) groups excluding carboxylic acids is 1. The summed E-state index contributed by atoms with van der Waals surface area (Å²) in [6.07, 6.45) is 0.877. The number of aryl methyl sites for hydroxylation is 2. The Hall–Kier alpha value is -2.21. The second kappa shape index (κ2) is 6.02. The first kappa shape index (κ1) is 16.6. The summed E-state index contributed by atoms with van der Waals surface area (Å²) in [5.74, 6) is -0.598. The van der Waals surface area contributed by atoms with E-state index in [-0.39, 0.29) is 11.3 Å². The molecule has 5 nitrogen and oxygen atoms in total. The van der Waals surface area contributed by atoms with Gasteiger partial charge in [0.15, 0.2) is 0 Å². The van der Waals surface area contributed by atoms with E-state index >= 15 is 0 Å². The van der Waals surface area contributed by atoms with Crippen molar-refractivity contribution in [2.24, 2.45) is 11.1 Å². The monoisotopic (exact) mass is 330 g/mol. The van der Waals surface area contributed by atoms with Crippen molar-refractivity contribution in [3.05, 3.63) is 47.0 Å². The third-order valence-electron chi connectivity index (χ3n) is 4.77. The Labute approximate surface area is 141 Å². The number of aromatic nitrogens is 2. The lowest BCUT2D eigenvalue weighted by molar-refractivity contribution is 0.0776. The van der Waals surface area contributed by atoms with Gasteiger partial charge in [-0.15, -0.1) is 0 Å². The Morgan fingerprint density at radius 3 is 2.67 bits per heavy atom. The Morgan fingerprint density at radius 2 is 2.12 bits per heavy atom. The number of amides is 1. The first-order valence-corrected chi connectivity index (χ1v) is 8.15. The molecule has 128 valence electrons. The quantitative estimate of drug-likeness (QED) is 0.940. The molecular formula is C18H23FN4O. The van der Waals surface area contributed by atoms with Gasteiger partial charge in [-0.25, -0.2) is 9.07 Å². The lowest BCUT2D eigenvalue weighted by Crippen LogP contribution is -2.34. The molecule has 0 spiro atoms. The number of hydrogen-bond donors (Lipinski definition) is 1. The lowest BCUT2D eigenvalue weighted by Gasteiger charge is -2.22. The van der Waals surface area contributed by atoms with Crippen LogP contribution in [0.5, 0.6) is 0 Å². The number of rotatable bonds is 3. The molecule has 0 bridgehead atoms. The highest BCUT2D eigenvalue weighted by atomic mass is 19.1. The molecule has 2 N–H and O–H groups in total. The predicted molar refractivity (Wildman–Crippen MR) is 90.7 cm³/mol. The predicted octanol–water partition coefficient (Wildman–Crippen LogP) is 2.44. The highest BCUT2D eigenvalue weighted by Gasteiger charge is 2.35. The zero-order chi connectivity index (χ0) is 17.5. The maximum absolute atomic E-state index is 14.5. The second-order valence-electron chi connectivity index (χ2n) is 7.00. The zero-order valence-electron chi connectivity index (χ0n) is 14.3. The summed E-state index contributed by atoms with van der Waals surface area (Å²) in [5.41, 5.74) is 8.13. The fourth-order valence-electron chi connectivity index (χ4n) is 3.23. The van der Waals surface area contributed by atoms with E-state index in [1.165, 1.54) is 6.07 Å². The van der Waals surface area contributed by atoms with Gasteiger partial charge < -0.3 is 10.6 Å². The van der Waals surface area contributed by atoms with Crippen LogP contribution < -0.4 is 5.73 Å². The molecule has 0 saturated carbocycles. The van der Waals surface area contributed by atoms with Crippen LogP contribution in [0.1, 0.15) is 35.1 Å². The average Bonchev–Trinajstić information content (AvgIpc) is 3.10. The summed E-state index contributed by atoms with van der Waals surface area (Å²) in [6, 6.07) is 6.46. The zero-order valence-corrected chi connectivity index (χ0v) is 14.3. The maximum Gasteiger partial charge on any atom is 0.253 e. The molecule has 2 heterocycles. The van der Waals surface area contributed by atoms with Crippen LogP contribution in [0.25, 0.3) is 5.69 Å². The van der Waals surface area contributed by atoms with Crippen molar-refractivity contribution in [2.45, 2.75) is 27.2 Å². The molecule has 1 fully saturated rings. The topological polar surface area (TPSA) is 64.2 Å². The van der Waals surface area contributed by atoms with Gasteiger partial charge in [0.2, 0.25) is 0 Å². The Balaban J connectivity index is 1.85. The van der Waals surface area contributed by atoms with Crippen molar-refractivity contribution >= 4 is 5.91 Å². The van der Waals surface area contributed by atoms with Crippen LogP contribution >= 0.6 is 0 Å². The van der Waals surface area contributed by atoms with Gasteiger partial charge in [0.25, 0.3) is 5.91 Å². The molecule has 1 unspecified atom stereocenters. The average molecular weight is 330 g/mol. The Kier molecular flexibility index (Phi) is 4.17. The van der Waals surface area contributed by atoms with Crippen molar-refractivity contribution in [2.75, 3.05) is 19.6 Å². The van der Waals surface area contributed by atoms with Crippen LogP contribution in [0.15, 0.2) is 24.3 Å². The van der Waals surface area contributed by atoms with E-state index < -0.39 is 5.82 Å². The van der Waals surface area contributed by atoms with E-state index in [9.17, 15) is 9.18 Å². The molecule has 1 saturated heterocycles. The normalized spacial score (nSPS) is 20.6. The number of likely N-dealkylation sites (tertiary alicyclic amines) is 1. The molecule has 0 radical (unpaired) electrons. The fourth-order valence-corrected chi connectivity index (χ4v) is 3.23. The number of nitrogens with zero attached hydrogens (tertiary/aromatic N) is 3. The first-order valence-electron chi connectivity index (χ1n) is 8.15. The van der Waals surface area contributed by atoms with Gasteiger partial charge in [0, 0.05) is 24.3 Å². The Morgan fingerprint density at radius 1 is 1.38 bits per heavy atom. The number of hydrogen-bond acceptors (Lipinski definition) is 3. The van der Waals surface area contributed by atoms with E-state index in [0.717, 1.165) is 17.8 Å². The minimum Gasteiger partial charge on any atom is -0.338 e. The largest absolute Gasteiger partial charge is 0.338 e. The summed E-state index contributed by atoms with van der Waals surface area (Å²) in [5, 5.41) is 4.29. The molecule has 1 aliphatic heterocycles. The standard InChI is InChI=1S/C18H23FN4O/c1-12-8-13(2)23(21-12)16-5-4-14(9-15(16)19)17(24)22-7-6-18(3,10-20)11-22/h4-5,8-9H,6-7,10-11,20H2,1-3H3. The van der Waals surface area contributed by atoms with Crippen molar-refractivity contribution in [1.29, 1.82) is 0 Å². The van der Waals surface area contributed by atoms with Crippen molar-refractivity contribution in [1.82, 2.24) is 14.7 Å². The molecule has 1 atom stereocenters. The van der Waals surface area contributed by atoms with Crippen LogP contribution in [0, 0.1) is 25.1 Å². The minimum absolute atomic E-state index is 0.0438. The van der Waals surface area contributed by atoms with E-state index in [1.54, 1.807) is 21.7 Å². The van der Waals surface area contributed by atoms with Crippen LogP contribution in [-0.2, 0) is 0 Å². The number of halogens is 1. The van der Waals surface area contributed by atoms with E-state index in [1.807, 2.05) is 19.9 Å². The molecule has 3 rings (SSSR count). The van der Waals surface area contributed by atoms with Crippen LogP contribution in [-0.4, -0.2) is 40.2 Å². The van der Waals surface area contributed by atoms with Gasteiger partial charge >= 0.3 is 0 Å². The van der Waals surface area contributed by atoms with Gasteiger partial charge in [0.05, 0.1) is 5.69 Å². The van der Waals surface area contributed by atoms with E-state index in [2.05, 4.69) is 12.0 Å². The van der Waals surface area contributed by atoms with Crippen molar-refractivity contribution < 1.29 is 9.18 Å². The molecule has 1 amide bonds. The first-order chi connectivity index (χ1) is 11.3. The second-order valence-corrected chi connectivity index (χ2v) is 7.00. The summed E-state index contributed by atoms with van der Waals surface area (Å²) in [7, 11) is 0. The smallest absolute Gasteiger partial charge is 0.253 e. The van der Waals surface area contributed by atoms with E-state index in [0.29, 0.717) is 30.9 Å². The van der Waals surface area contributed by atoms with Gasteiger partial charge in [0.1, 0.15) is 11.5 Å². The molecule has 24 heavy (non-hydrogen) atoms. The van der Waals surface area contributed by atoms with E-state index in [4.69, 9.17) is 5.73 Å². The number of nitrogens with two attached hydrogens (primary N) is 1. The third kappa shape index (κ3) is 2.94. The molecule has 0 aliphatic carbocycles. The highest BCUT2D eigenvalue weighted by molar-refractivity contribution is 5.94. The summed E-state index contributed by atoms with van der Waals surface area (Å²) in [6.45, 7) is 7.63. The molecule has 6 heteroatoms. The van der Waals surface area contributed by atoms with Gasteiger partial charge in [-0.05, 0) is 56.5 Å². The molecule has 1 aromatic heterocycles. The summed E-state index contributed by atoms with van der Waals surface area (Å²) >= 11 is 0. The number of benzene rings is 1.